The largest absolute Gasteiger partial charge is 0.494 e. The van der Waals surface area contributed by atoms with Crippen LogP contribution in [0.2, 0.25) is 0 Å². The van der Waals surface area contributed by atoms with Crippen molar-refractivity contribution in [2.45, 2.75) is 270 Å². The number of benzene rings is 3. The molecule has 3 aromatic carbocycles. The third kappa shape index (κ3) is 28.8. The van der Waals surface area contributed by atoms with Gasteiger partial charge in [-0.3, -0.25) is 28.0 Å². The van der Waals surface area contributed by atoms with Crippen molar-refractivity contribution in [2.24, 2.45) is 0 Å². The average Bonchev–Trinajstić information content (AvgIpc) is 3.59. The second kappa shape index (κ2) is 42.5. The zero-order valence-electron chi connectivity index (χ0n) is 53.9. The van der Waals surface area contributed by atoms with Crippen LogP contribution in [0.3, 0.4) is 0 Å². The van der Waals surface area contributed by atoms with Gasteiger partial charge in [0.15, 0.2) is 0 Å². The molecule has 0 radical (unpaired) electrons. The van der Waals surface area contributed by atoms with Crippen LogP contribution in [-0.4, -0.2) is 110 Å². The van der Waals surface area contributed by atoms with Crippen LogP contribution in [-0.2, 0) is 51.8 Å². The van der Waals surface area contributed by atoms with Gasteiger partial charge >= 0.3 is 7.82 Å². The summed E-state index contributed by atoms with van der Waals surface area (Å²) in [5.41, 5.74) is 3.14. The quantitative estimate of drug-likeness (QED) is 0.0397. The number of carbonyl (C=O) groups is 3. The summed E-state index contributed by atoms with van der Waals surface area (Å²) in [6.45, 7) is 11.0. The first-order valence-corrected chi connectivity index (χ1v) is 36.2. The van der Waals surface area contributed by atoms with Crippen molar-refractivity contribution in [3.05, 3.63) is 89.5 Å². The number of unbranched alkanes of at least 4 members (excludes halogenated alkanes) is 24. The Hall–Kier alpha value is -4.42. The molecule has 86 heavy (non-hydrogen) atoms. The first-order valence-electron chi connectivity index (χ1n) is 34.8. The van der Waals surface area contributed by atoms with E-state index in [-0.39, 0.29) is 37.4 Å². The van der Waals surface area contributed by atoms with Gasteiger partial charge in [0.05, 0.1) is 38.1 Å². The highest BCUT2D eigenvalue weighted by Gasteiger charge is 2.43. The Morgan fingerprint density at radius 3 is 0.907 bits per heavy atom. The molecule has 3 aromatic rings. The monoisotopic (exact) mass is 1210 g/mol. The number of aryl methyl sites for hydroxylation is 3. The molecular weight excluding hydrogens is 1100 g/mol. The van der Waals surface area contributed by atoms with E-state index in [1.807, 2.05) is 72.8 Å². The minimum absolute atomic E-state index is 0.00496. The lowest BCUT2D eigenvalue weighted by molar-refractivity contribution is -0.131. The summed E-state index contributed by atoms with van der Waals surface area (Å²) in [6, 6.07) is 24.2. The number of nitrogens with zero attached hydrogens (tertiary/aromatic N) is 3. The Kier molecular flexibility index (Phi) is 34.9. The molecule has 3 atom stereocenters. The number of rotatable bonds is 48. The zero-order valence-corrected chi connectivity index (χ0v) is 54.7. The zero-order chi connectivity index (χ0) is 60.7. The molecule has 3 heterocycles. The maximum atomic E-state index is 15.1. The third-order valence-electron chi connectivity index (χ3n) is 17.5. The number of phosphoric ester groups is 1. The number of phosphoric acid groups is 1. The topological polar surface area (TPSA) is 133 Å². The van der Waals surface area contributed by atoms with E-state index in [0.717, 1.165) is 53.2 Å². The van der Waals surface area contributed by atoms with Crippen molar-refractivity contribution in [1.82, 2.24) is 14.7 Å². The van der Waals surface area contributed by atoms with Crippen molar-refractivity contribution in [1.29, 1.82) is 0 Å². The Balaban J connectivity index is 0.963. The molecule has 0 unspecified atom stereocenters. The van der Waals surface area contributed by atoms with E-state index in [1.54, 1.807) is 14.7 Å². The van der Waals surface area contributed by atoms with Crippen LogP contribution in [0, 0.1) is 0 Å². The predicted octanol–water partition coefficient (Wildman–Crippen LogP) is 17.6. The highest BCUT2D eigenvalue weighted by atomic mass is 31.2. The summed E-state index contributed by atoms with van der Waals surface area (Å²) in [7, 11) is -4.27. The van der Waals surface area contributed by atoms with Crippen molar-refractivity contribution < 1.29 is 46.7 Å². The van der Waals surface area contributed by atoms with Crippen LogP contribution >= 0.6 is 7.82 Å². The first kappa shape index (κ1) is 70.7. The molecule has 14 heteroatoms. The third-order valence-corrected chi connectivity index (χ3v) is 19.1. The Bertz CT molecular complexity index is 2130. The molecule has 0 bridgehead atoms. The standard InChI is InChI=1S/C72H114N3O10P/c1-4-7-10-13-16-19-22-25-28-52-80-64-37-31-34-61(55-64)40-43-70(76)73-49-46-67(58-73)83-86(79,84-68-47-50-74(59-68)71(77)44-41-62-35-32-38-65(56-62)81-53-29-26-23-20-17-14-11-8-5-2)85-69-48-51-75(60-69)72(78)45-42-63-36-33-39-66(57-63)82-54-30-27-24-21-18-15-12-9-6-3/h31-39,55-57,67-69H,4-30,40-54,58-60H2,1-3H3/t67-,68-,69-/m1/s1. The van der Waals surface area contributed by atoms with Gasteiger partial charge in [0.1, 0.15) is 17.2 Å². The van der Waals surface area contributed by atoms with E-state index in [1.165, 1.54) is 154 Å². The minimum atomic E-state index is -4.27. The Morgan fingerprint density at radius 2 is 0.640 bits per heavy atom. The second-order valence-corrected chi connectivity index (χ2v) is 26.5. The maximum Gasteiger partial charge on any atom is 0.475 e. The molecule has 6 rings (SSSR count). The number of hydrogen-bond donors (Lipinski definition) is 0. The van der Waals surface area contributed by atoms with Crippen molar-refractivity contribution in [3.63, 3.8) is 0 Å². The highest BCUT2D eigenvalue weighted by molar-refractivity contribution is 7.48. The molecular formula is C72H114N3O10P. The van der Waals surface area contributed by atoms with Gasteiger partial charge < -0.3 is 28.9 Å². The normalized spacial score (nSPS) is 17.0. The SMILES string of the molecule is CCCCCCCCCCCOc1cccc(CCC(=O)N2CC[C@@H](OP(=O)(O[C@@H]3CCN(C(=O)CCc4cccc(OCCCCCCCCCCC)c4)C3)O[C@@H]3CCN(C(=O)CCc4cccc(OCCCCCCCCCCC)c4)C3)C2)c1. The van der Waals surface area contributed by atoms with Crippen molar-refractivity contribution in [3.8, 4) is 17.2 Å². The van der Waals surface area contributed by atoms with E-state index in [2.05, 4.69) is 20.8 Å². The van der Waals surface area contributed by atoms with Gasteiger partial charge in [-0.25, -0.2) is 4.57 Å². The fourth-order valence-electron chi connectivity index (χ4n) is 12.2. The maximum absolute atomic E-state index is 15.1. The number of likely N-dealkylation sites (tertiary alicyclic amines) is 3. The van der Waals surface area contributed by atoms with E-state index in [0.29, 0.717) is 97.2 Å². The molecule has 3 saturated heterocycles. The van der Waals surface area contributed by atoms with Gasteiger partial charge in [-0.1, -0.05) is 211 Å². The van der Waals surface area contributed by atoms with Gasteiger partial charge in [-0.2, -0.15) is 0 Å². The van der Waals surface area contributed by atoms with Gasteiger partial charge in [0.25, 0.3) is 0 Å². The summed E-state index contributed by atoms with van der Waals surface area (Å²) in [5.74, 6) is 2.52. The molecule has 0 saturated carbocycles. The van der Waals surface area contributed by atoms with Gasteiger partial charge in [-0.05, 0) is 111 Å². The van der Waals surface area contributed by atoms with Crippen molar-refractivity contribution >= 4 is 25.5 Å². The predicted molar refractivity (Wildman–Crippen MR) is 348 cm³/mol. The lowest BCUT2D eigenvalue weighted by atomic mass is 10.1. The number of carbonyl (C=O) groups excluding carboxylic acids is 3. The van der Waals surface area contributed by atoms with E-state index in [9.17, 15) is 14.4 Å². The van der Waals surface area contributed by atoms with Crippen molar-refractivity contribution in [2.75, 3.05) is 59.1 Å². The minimum Gasteiger partial charge on any atom is -0.494 e. The molecule has 0 N–H and O–H groups in total. The Labute approximate surface area is 520 Å². The van der Waals surface area contributed by atoms with Crippen LogP contribution in [0.4, 0.5) is 0 Å². The average molecular weight is 1210 g/mol. The second-order valence-electron chi connectivity index (χ2n) is 25.0. The van der Waals surface area contributed by atoms with Crippen LogP contribution in [0.15, 0.2) is 72.8 Å². The molecule has 3 amide bonds. The summed E-state index contributed by atoms with van der Waals surface area (Å²) < 4.78 is 52.6. The molecule has 3 aliphatic heterocycles. The molecule has 482 valence electrons. The van der Waals surface area contributed by atoms with Gasteiger partial charge in [-0.15, -0.1) is 0 Å². The molecule has 3 aliphatic rings. The molecule has 0 spiro atoms. The fourth-order valence-corrected chi connectivity index (χ4v) is 13.9. The molecule has 0 aromatic heterocycles. The fraction of sp³-hybridized carbons (Fsp3) is 0.708. The molecule has 3 fully saturated rings. The van der Waals surface area contributed by atoms with Crippen LogP contribution in [0.1, 0.15) is 249 Å². The summed E-state index contributed by atoms with van der Waals surface area (Å²) in [4.78, 5) is 46.5. The van der Waals surface area contributed by atoms with Crippen LogP contribution < -0.4 is 14.2 Å². The summed E-state index contributed by atoms with van der Waals surface area (Å²) in [5, 5.41) is 0. The summed E-state index contributed by atoms with van der Waals surface area (Å²) >= 11 is 0. The van der Waals surface area contributed by atoms with E-state index < -0.39 is 26.1 Å². The van der Waals surface area contributed by atoms with Gasteiger partial charge in [0.2, 0.25) is 17.7 Å². The number of ether oxygens (including phenoxy) is 3. The summed E-state index contributed by atoms with van der Waals surface area (Å²) in [6.07, 6.45) is 36.6. The van der Waals surface area contributed by atoms with Crippen LogP contribution in [0.5, 0.6) is 17.2 Å². The number of hydrogen-bond acceptors (Lipinski definition) is 10. The lowest BCUT2D eigenvalue weighted by Gasteiger charge is -2.27. The van der Waals surface area contributed by atoms with E-state index in [4.69, 9.17) is 27.8 Å². The van der Waals surface area contributed by atoms with Crippen LogP contribution in [0.25, 0.3) is 0 Å². The Morgan fingerprint density at radius 1 is 0.384 bits per heavy atom. The molecule has 13 nitrogen and oxygen atoms in total. The van der Waals surface area contributed by atoms with Gasteiger partial charge in [0, 0.05) is 58.5 Å². The van der Waals surface area contributed by atoms with E-state index >= 15 is 4.57 Å². The first-order chi connectivity index (χ1) is 42.1. The highest BCUT2D eigenvalue weighted by Crippen LogP contribution is 2.55. The molecule has 0 aliphatic carbocycles. The smallest absolute Gasteiger partial charge is 0.475 e. The number of amides is 3. The lowest BCUT2D eigenvalue weighted by Crippen LogP contribution is -2.32.